The second kappa shape index (κ2) is 4.90. The van der Waals surface area contributed by atoms with Crippen LogP contribution in [0.25, 0.3) is 0 Å². The average molecular weight is 313 g/mol. The number of rotatable bonds is 3. The van der Waals surface area contributed by atoms with Crippen LogP contribution in [-0.4, -0.2) is 14.9 Å². The third kappa shape index (κ3) is 2.01. The Morgan fingerprint density at radius 2 is 2.06 bits per heavy atom. The van der Waals surface area contributed by atoms with Gasteiger partial charge in [-0.25, -0.2) is 0 Å². The number of aliphatic hydroxyl groups is 1. The summed E-state index contributed by atoms with van der Waals surface area (Å²) in [7, 11) is 0. The van der Waals surface area contributed by atoms with Gasteiger partial charge in [-0.2, -0.15) is 5.10 Å². The molecule has 1 atom stereocenters. The quantitative estimate of drug-likeness (QED) is 0.946. The van der Waals surface area contributed by atoms with E-state index in [-0.39, 0.29) is 0 Å². The van der Waals surface area contributed by atoms with Gasteiger partial charge in [0.25, 0.3) is 0 Å². The molecule has 0 aromatic carbocycles. The van der Waals surface area contributed by atoms with Crippen LogP contribution in [0.3, 0.4) is 0 Å². The zero-order chi connectivity index (χ0) is 13.4. The highest BCUT2D eigenvalue weighted by Crippen LogP contribution is 2.34. The van der Waals surface area contributed by atoms with E-state index in [1.54, 1.807) is 10.9 Å². The van der Waals surface area contributed by atoms with Crippen LogP contribution in [0.5, 0.6) is 0 Å². The minimum atomic E-state index is -0.723. The Kier molecular flexibility index (Phi) is 3.64. The van der Waals surface area contributed by atoms with Crippen molar-refractivity contribution >= 4 is 15.9 Å². The molecule has 0 saturated heterocycles. The molecule has 0 aliphatic rings. The number of aliphatic hydroxyl groups excluding tert-OH is 1. The highest BCUT2D eigenvalue weighted by Gasteiger charge is 2.25. The Hall–Kier alpha value is -1.07. The first-order valence-electron chi connectivity index (χ1n) is 5.93. The molecule has 1 N–H and O–H groups in total. The molecule has 0 spiro atoms. The highest BCUT2D eigenvalue weighted by molar-refractivity contribution is 9.10. The number of aryl methyl sites for hydroxylation is 3. The molecule has 2 heterocycles. The Labute approximate surface area is 115 Å². The molecule has 1 unspecified atom stereocenters. The molecule has 5 heteroatoms. The minimum Gasteiger partial charge on any atom is -0.466 e. The van der Waals surface area contributed by atoms with E-state index in [9.17, 15) is 5.11 Å². The maximum atomic E-state index is 10.6. The van der Waals surface area contributed by atoms with Gasteiger partial charge < -0.3 is 9.52 Å². The second-order valence-electron chi connectivity index (χ2n) is 4.35. The second-order valence-corrected chi connectivity index (χ2v) is 5.20. The first-order chi connectivity index (χ1) is 8.47. The number of halogens is 1. The first kappa shape index (κ1) is 13.4. The number of aromatic nitrogens is 2. The molecule has 0 saturated carbocycles. The highest BCUT2D eigenvalue weighted by atomic mass is 79.9. The van der Waals surface area contributed by atoms with Crippen molar-refractivity contribution in [2.24, 2.45) is 0 Å². The van der Waals surface area contributed by atoms with Crippen LogP contribution in [0.1, 0.15) is 41.4 Å². The van der Waals surface area contributed by atoms with E-state index in [1.165, 1.54) is 0 Å². The van der Waals surface area contributed by atoms with Gasteiger partial charge >= 0.3 is 0 Å². The number of nitrogens with zero attached hydrogens (tertiary/aromatic N) is 2. The molecule has 0 aliphatic carbocycles. The van der Waals surface area contributed by atoms with E-state index in [0.717, 1.165) is 32.8 Å². The molecule has 0 bridgehead atoms. The molecule has 2 aromatic rings. The standard InChI is InChI=1S/C13H17BrN2O2/c1-5-16-12(10(14)6-15-16)13(17)11-7(2)8(3)18-9(11)4/h6,13,17H,5H2,1-4H3. The van der Waals surface area contributed by atoms with Crippen LogP contribution in [-0.2, 0) is 6.54 Å². The van der Waals surface area contributed by atoms with Gasteiger partial charge in [0.1, 0.15) is 17.6 Å². The number of hydrogen-bond donors (Lipinski definition) is 1. The van der Waals surface area contributed by atoms with Crippen molar-refractivity contribution in [3.63, 3.8) is 0 Å². The Bertz CT molecular complexity index is 572. The predicted octanol–water partition coefficient (Wildman–Crippen LogP) is 3.27. The van der Waals surface area contributed by atoms with Crippen LogP contribution >= 0.6 is 15.9 Å². The van der Waals surface area contributed by atoms with E-state index in [1.807, 2.05) is 27.7 Å². The predicted molar refractivity (Wildman–Crippen MR) is 72.6 cm³/mol. The molecule has 4 nitrogen and oxygen atoms in total. The van der Waals surface area contributed by atoms with Gasteiger partial charge in [-0.1, -0.05) is 0 Å². The molecule has 98 valence electrons. The fraction of sp³-hybridized carbons (Fsp3) is 0.462. The monoisotopic (exact) mass is 312 g/mol. The molecule has 0 aliphatic heterocycles. The molecule has 0 amide bonds. The molecule has 0 fully saturated rings. The summed E-state index contributed by atoms with van der Waals surface area (Å²) in [6.07, 6.45) is 0.985. The largest absolute Gasteiger partial charge is 0.466 e. The lowest BCUT2D eigenvalue weighted by molar-refractivity contribution is 0.204. The van der Waals surface area contributed by atoms with Crippen LogP contribution in [0.2, 0.25) is 0 Å². The van der Waals surface area contributed by atoms with Crippen LogP contribution in [0.15, 0.2) is 15.1 Å². The lowest BCUT2D eigenvalue weighted by Crippen LogP contribution is -2.10. The van der Waals surface area contributed by atoms with Crippen molar-refractivity contribution in [2.75, 3.05) is 0 Å². The summed E-state index contributed by atoms with van der Waals surface area (Å²) in [4.78, 5) is 0. The van der Waals surface area contributed by atoms with E-state index in [4.69, 9.17) is 4.42 Å². The SMILES string of the molecule is CCn1ncc(Br)c1C(O)c1c(C)oc(C)c1C. The lowest BCUT2D eigenvalue weighted by Gasteiger charge is -2.14. The lowest BCUT2D eigenvalue weighted by atomic mass is 10.0. The van der Waals surface area contributed by atoms with Gasteiger partial charge in [-0.3, -0.25) is 4.68 Å². The van der Waals surface area contributed by atoms with E-state index in [0.29, 0.717) is 6.54 Å². The summed E-state index contributed by atoms with van der Waals surface area (Å²) >= 11 is 3.44. The van der Waals surface area contributed by atoms with Crippen LogP contribution < -0.4 is 0 Å². The normalized spacial score (nSPS) is 13.0. The number of hydrogen-bond acceptors (Lipinski definition) is 3. The summed E-state index contributed by atoms with van der Waals surface area (Å²) in [6, 6.07) is 0. The van der Waals surface area contributed by atoms with Crippen molar-refractivity contribution in [3.05, 3.63) is 39.0 Å². The molecular formula is C13H17BrN2O2. The van der Waals surface area contributed by atoms with Gasteiger partial charge in [-0.15, -0.1) is 0 Å². The Morgan fingerprint density at radius 1 is 1.39 bits per heavy atom. The third-order valence-electron chi connectivity index (χ3n) is 3.28. The topological polar surface area (TPSA) is 51.2 Å². The fourth-order valence-corrected chi connectivity index (χ4v) is 2.76. The Balaban J connectivity index is 2.54. The molecule has 2 rings (SSSR count). The van der Waals surface area contributed by atoms with Crippen molar-refractivity contribution in [3.8, 4) is 0 Å². The average Bonchev–Trinajstić information content (AvgIpc) is 2.80. The van der Waals surface area contributed by atoms with Gasteiger partial charge in [-0.05, 0) is 49.2 Å². The van der Waals surface area contributed by atoms with Gasteiger partial charge in [0.05, 0.1) is 16.4 Å². The summed E-state index contributed by atoms with van der Waals surface area (Å²) in [6.45, 7) is 8.46. The molecular weight excluding hydrogens is 296 g/mol. The van der Waals surface area contributed by atoms with E-state index < -0.39 is 6.10 Å². The number of furan rings is 1. The van der Waals surface area contributed by atoms with E-state index >= 15 is 0 Å². The Morgan fingerprint density at radius 3 is 2.56 bits per heavy atom. The summed E-state index contributed by atoms with van der Waals surface area (Å²) in [5.74, 6) is 1.61. The minimum absolute atomic E-state index is 0.715. The summed E-state index contributed by atoms with van der Waals surface area (Å²) in [5.41, 5.74) is 2.60. The zero-order valence-corrected chi connectivity index (χ0v) is 12.6. The van der Waals surface area contributed by atoms with Crippen molar-refractivity contribution in [1.82, 2.24) is 9.78 Å². The molecule has 18 heavy (non-hydrogen) atoms. The molecule has 0 radical (unpaired) electrons. The smallest absolute Gasteiger partial charge is 0.125 e. The maximum Gasteiger partial charge on any atom is 0.125 e. The fourth-order valence-electron chi connectivity index (χ4n) is 2.24. The van der Waals surface area contributed by atoms with Crippen molar-refractivity contribution < 1.29 is 9.52 Å². The van der Waals surface area contributed by atoms with Crippen molar-refractivity contribution in [1.29, 1.82) is 0 Å². The summed E-state index contributed by atoms with van der Waals surface area (Å²) < 4.78 is 8.17. The van der Waals surface area contributed by atoms with Crippen molar-refractivity contribution in [2.45, 2.75) is 40.3 Å². The van der Waals surface area contributed by atoms with Crippen LogP contribution in [0, 0.1) is 20.8 Å². The van der Waals surface area contributed by atoms with Gasteiger partial charge in [0.15, 0.2) is 0 Å². The maximum absolute atomic E-state index is 10.6. The van der Waals surface area contributed by atoms with Gasteiger partial charge in [0, 0.05) is 12.1 Å². The van der Waals surface area contributed by atoms with Gasteiger partial charge in [0.2, 0.25) is 0 Å². The first-order valence-corrected chi connectivity index (χ1v) is 6.72. The van der Waals surface area contributed by atoms with Crippen LogP contribution in [0.4, 0.5) is 0 Å². The third-order valence-corrected chi connectivity index (χ3v) is 3.89. The zero-order valence-electron chi connectivity index (χ0n) is 11.0. The summed E-state index contributed by atoms with van der Waals surface area (Å²) in [5, 5.41) is 14.8. The molecule has 2 aromatic heterocycles. The van der Waals surface area contributed by atoms with E-state index in [2.05, 4.69) is 21.0 Å².